The zero-order chi connectivity index (χ0) is 27.7. The van der Waals surface area contributed by atoms with Crippen LogP contribution in [0.3, 0.4) is 0 Å². The third kappa shape index (κ3) is 5.50. The third-order valence-corrected chi connectivity index (χ3v) is 7.33. The Kier molecular flexibility index (Phi) is 6.43. The molecule has 0 aliphatic heterocycles. The number of rotatable bonds is 9. The Morgan fingerprint density at radius 3 is 1.98 bits per heavy atom. The van der Waals surface area contributed by atoms with Gasteiger partial charge in [-0.05, 0) is 79.8 Å². The first kappa shape index (κ1) is 25.5. The predicted molar refractivity (Wildman–Crippen MR) is 151 cm³/mol. The Balaban J connectivity index is 1.05. The number of oxazole rings is 1. The maximum absolute atomic E-state index is 12.9. The van der Waals surface area contributed by atoms with E-state index in [1.54, 1.807) is 30.5 Å². The molecule has 5 N–H and O–H groups in total. The fourth-order valence-electron chi connectivity index (χ4n) is 4.45. The van der Waals surface area contributed by atoms with E-state index in [2.05, 4.69) is 20.9 Å². The van der Waals surface area contributed by atoms with Gasteiger partial charge in [0.05, 0.1) is 18.2 Å². The molecule has 0 radical (unpaired) electrons. The van der Waals surface area contributed by atoms with Gasteiger partial charge in [-0.25, -0.2) is 4.98 Å². The fraction of sp³-hybridized carbons (Fsp3) is 0.226. The summed E-state index contributed by atoms with van der Waals surface area (Å²) in [5.74, 6) is 0.469. The van der Waals surface area contributed by atoms with Crippen LogP contribution in [-0.2, 0) is 20.8 Å². The van der Waals surface area contributed by atoms with Crippen LogP contribution in [0.5, 0.6) is 0 Å². The van der Waals surface area contributed by atoms with E-state index in [0.717, 1.165) is 16.7 Å². The number of amides is 3. The Labute approximate surface area is 231 Å². The third-order valence-electron chi connectivity index (χ3n) is 7.33. The molecule has 0 saturated heterocycles. The summed E-state index contributed by atoms with van der Waals surface area (Å²) in [7, 11) is 0. The second-order valence-corrected chi connectivity index (χ2v) is 10.5. The Morgan fingerprint density at radius 2 is 1.38 bits per heavy atom. The van der Waals surface area contributed by atoms with Gasteiger partial charge in [-0.1, -0.05) is 30.3 Å². The minimum absolute atomic E-state index is 0.165. The van der Waals surface area contributed by atoms with Gasteiger partial charge in [-0.2, -0.15) is 0 Å². The molecule has 2 aliphatic rings. The second kappa shape index (κ2) is 10.1. The number of carbonyl (C=O) groups is 3. The normalized spacial score (nSPS) is 16.0. The highest BCUT2D eigenvalue weighted by Crippen LogP contribution is 2.37. The van der Waals surface area contributed by atoms with Gasteiger partial charge in [-0.3, -0.25) is 14.4 Å². The fourth-order valence-corrected chi connectivity index (χ4v) is 4.45. The summed E-state index contributed by atoms with van der Waals surface area (Å²) >= 11 is 0. The largest absolute Gasteiger partial charge is 0.436 e. The van der Waals surface area contributed by atoms with E-state index in [1.165, 1.54) is 0 Å². The van der Waals surface area contributed by atoms with Gasteiger partial charge >= 0.3 is 0 Å². The molecule has 202 valence electrons. The summed E-state index contributed by atoms with van der Waals surface area (Å²) in [5, 5.41) is 8.67. The van der Waals surface area contributed by atoms with Gasteiger partial charge in [0, 0.05) is 22.5 Å². The van der Waals surface area contributed by atoms with Crippen molar-refractivity contribution >= 4 is 29.1 Å². The van der Waals surface area contributed by atoms with Crippen LogP contribution in [0.1, 0.15) is 31.2 Å². The van der Waals surface area contributed by atoms with Crippen molar-refractivity contribution in [2.45, 2.75) is 43.2 Å². The average molecular weight is 536 g/mol. The number of carbonyl (C=O) groups excluding carboxylic acids is 3. The molecule has 2 aliphatic carbocycles. The lowest BCUT2D eigenvalue weighted by atomic mass is 10.1. The van der Waals surface area contributed by atoms with E-state index in [0.29, 0.717) is 48.7 Å². The van der Waals surface area contributed by atoms with Crippen LogP contribution in [0.2, 0.25) is 0 Å². The molecule has 0 spiro atoms. The highest BCUT2D eigenvalue weighted by molar-refractivity contribution is 6.03. The summed E-state index contributed by atoms with van der Waals surface area (Å²) in [6.07, 6.45) is 4.51. The SMILES string of the molecule is NC1(C(=O)Nc2ccc(-c3cnc(-c4ccc(NC(=O)C5(NC(=O)Cc6ccccc6)CC5)cc4)o3)cc2)CC1. The summed E-state index contributed by atoms with van der Waals surface area (Å²) in [5.41, 5.74) is 8.12. The Hall–Kier alpha value is -4.76. The molecule has 0 bridgehead atoms. The summed E-state index contributed by atoms with van der Waals surface area (Å²) < 4.78 is 5.97. The molecule has 0 unspecified atom stereocenters. The molecule has 0 atom stereocenters. The molecule has 6 rings (SSSR count). The first-order valence-electron chi connectivity index (χ1n) is 13.3. The highest BCUT2D eigenvalue weighted by Gasteiger charge is 2.51. The van der Waals surface area contributed by atoms with Crippen LogP contribution < -0.4 is 21.7 Å². The van der Waals surface area contributed by atoms with Crippen LogP contribution in [0.15, 0.2) is 89.5 Å². The van der Waals surface area contributed by atoms with Crippen LogP contribution in [-0.4, -0.2) is 33.8 Å². The zero-order valence-corrected chi connectivity index (χ0v) is 21.8. The number of nitrogens with zero attached hydrogens (tertiary/aromatic N) is 1. The quantitative estimate of drug-likeness (QED) is 0.252. The molecule has 2 saturated carbocycles. The van der Waals surface area contributed by atoms with E-state index in [4.69, 9.17) is 10.2 Å². The molecule has 1 heterocycles. The maximum atomic E-state index is 12.9. The Bertz CT molecular complexity index is 1550. The number of hydrogen-bond acceptors (Lipinski definition) is 6. The molecule has 40 heavy (non-hydrogen) atoms. The van der Waals surface area contributed by atoms with Crippen molar-refractivity contribution in [3.05, 3.63) is 90.6 Å². The second-order valence-electron chi connectivity index (χ2n) is 10.5. The average Bonchev–Trinajstić information content (AvgIpc) is 3.86. The van der Waals surface area contributed by atoms with Gasteiger partial charge in [0.15, 0.2) is 5.76 Å². The van der Waals surface area contributed by atoms with Crippen molar-refractivity contribution < 1.29 is 18.8 Å². The van der Waals surface area contributed by atoms with E-state index in [9.17, 15) is 14.4 Å². The van der Waals surface area contributed by atoms with E-state index >= 15 is 0 Å². The van der Waals surface area contributed by atoms with Crippen molar-refractivity contribution in [2.75, 3.05) is 10.6 Å². The summed E-state index contributed by atoms with van der Waals surface area (Å²) in [6, 6.07) is 23.9. The minimum Gasteiger partial charge on any atom is -0.436 e. The van der Waals surface area contributed by atoms with Crippen LogP contribution in [0, 0.1) is 0 Å². The molecule has 9 nitrogen and oxygen atoms in total. The molecule has 2 fully saturated rings. The molecular formula is C31H29N5O4. The lowest BCUT2D eigenvalue weighted by Crippen LogP contribution is -2.46. The standard InChI is InChI=1S/C31H29N5O4/c32-30(14-15-30)28(38)34-23-10-6-21(7-11-23)25-19-33-27(40-25)22-8-12-24(13-9-22)35-29(39)31(16-17-31)36-26(37)18-20-4-2-1-3-5-20/h1-13,19H,14-18,32H2,(H,34,38)(H,35,39)(H,36,37). The van der Waals surface area contributed by atoms with Gasteiger partial charge in [0.25, 0.3) is 0 Å². The number of anilines is 2. The number of aromatic nitrogens is 1. The van der Waals surface area contributed by atoms with E-state index < -0.39 is 11.1 Å². The Morgan fingerprint density at radius 1 is 0.775 bits per heavy atom. The van der Waals surface area contributed by atoms with Crippen molar-refractivity contribution in [1.82, 2.24) is 10.3 Å². The molecule has 1 aromatic heterocycles. The minimum atomic E-state index is -0.857. The molecule has 3 amide bonds. The van der Waals surface area contributed by atoms with Gasteiger partial charge in [-0.15, -0.1) is 0 Å². The predicted octanol–water partition coefficient (Wildman–Crippen LogP) is 4.27. The van der Waals surface area contributed by atoms with E-state index in [-0.39, 0.29) is 24.1 Å². The smallest absolute Gasteiger partial charge is 0.250 e. The van der Waals surface area contributed by atoms with Gasteiger partial charge in [0.1, 0.15) is 5.54 Å². The zero-order valence-electron chi connectivity index (χ0n) is 21.8. The van der Waals surface area contributed by atoms with Crippen LogP contribution >= 0.6 is 0 Å². The molecular weight excluding hydrogens is 506 g/mol. The summed E-state index contributed by atoms with van der Waals surface area (Å²) in [4.78, 5) is 42.0. The highest BCUT2D eigenvalue weighted by atomic mass is 16.4. The first-order chi connectivity index (χ1) is 19.3. The van der Waals surface area contributed by atoms with Crippen LogP contribution in [0.25, 0.3) is 22.8 Å². The monoisotopic (exact) mass is 535 g/mol. The number of benzene rings is 3. The van der Waals surface area contributed by atoms with Crippen LogP contribution in [0.4, 0.5) is 11.4 Å². The lowest BCUT2D eigenvalue weighted by Gasteiger charge is -2.17. The van der Waals surface area contributed by atoms with Crippen molar-refractivity contribution in [3.8, 4) is 22.8 Å². The number of nitrogens with one attached hydrogen (secondary N) is 3. The number of hydrogen-bond donors (Lipinski definition) is 4. The first-order valence-corrected chi connectivity index (χ1v) is 13.3. The summed E-state index contributed by atoms with van der Waals surface area (Å²) in [6.45, 7) is 0. The maximum Gasteiger partial charge on any atom is 0.250 e. The molecule has 3 aromatic carbocycles. The number of nitrogens with two attached hydrogens (primary N) is 1. The van der Waals surface area contributed by atoms with Gasteiger partial charge in [0.2, 0.25) is 23.6 Å². The molecule has 4 aromatic rings. The van der Waals surface area contributed by atoms with Crippen molar-refractivity contribution in [2.24, 2.45) is 5.73 Å². The van der Waals surface area contributed by atoms with Gasteiger partial charge < -0.3 is 26.1 Å². The molecule has 9 heteroatoms. The van der Waals surface area contributed by atoms with Crippen molar-refractivity contribution in [1.29, 1.82) is 0 Å². The van der Waals surface area contributed by atoms with Crippen molar-refractivity contribution in [3.63, 3.8) is 0 Å². The van der Waals surface area contributed by atoms with E-state index in [1.807, 2.05) is 54.6 Å². The lowest BCUT2D eigenvalue weighted by molar-refractivity contribution is -0.127. The topological polar surface area (TPSA) is 139 Å².